The Kier molecular flexibility index (Phi) is 6.50. The standard InChI is InChI=1S/C18H29F3OSi/c1-7-8-9-16(22-23(5,6)17(2,3)4)14-10-12-15(13-11-14)18(19,20)21/h10-13,16H,7-9H2,1-6H3. The molecule has 132 valence electrons. The lowest BCUT2D eigenvalue weighted by Crippen LogP contribution is -2.41. The number of halogens is 3. The number of alkyl halides is 3. The summed E-state index contributed by atoms with van der Waals surface area (Å²) < 4.78 is 44.7. The minimum atomic E-state index is -4.29. The highest BCUT2D eigenvalue weighted by Gasteiger charge is 2.39. The number of benzene rings is 1. The minimum Gasteiger partial charge on any atom is -0.410 e. The first kappa shape index (κ1) is 20.2. The molecule has 1 unspecified atom stereocenters. The Morgan fingerprint density at radius 2 is 1.57 bits per heavy atom. The summed E-state index contributed by atoms with van der Waals surface area (Å²) in [4.78, 5) is 0. The molecule has 0 aliphatic heterocycles. The molecule has 0 amide bonds. The molecule has 1 atom stereocenters. The predicted molar refractivity (Wildman–Crippen MR) is 92.0 cm³/mol. The van der Waals surface area contributed by atoms with Gasteiger partial charge in [-0.15, -0.1) is 0 Å². The molecule has 0 fully saturated rings. The number of hydrogen-bond donors (Lipinski definition) is 0. The van der Waals surface area contributed by atoms with Crippen molar-refractivity contribution in [3.8, 4) is 0 Å². The lowest BCUT2D eigenvalue weighted by molar-refractivity contribution is -0.137. The van der Waals surface area contributed by atoms with Gasteiger partial charge >= 0.3 is 6.18 Å². The van der Waals surface area contributed by atoms with Gasteiger partial charge < -0.3 is 4.43 Å². The third-order valence-corrected chi connectivity index (χ3v) is 9.16. The zero-order valence-corrected chi connectivity index (χ0v) is 16.1. The fourth-order valence-electron chi connectivity index (χ4n) is 2.10. The van der Waals surface area contributed by atoms with Crippen LogP contribution in [0, 0.1) is 0 Å². The third kappa shape index (κ3) is 5.64. The maximum absolute atomic E-state index is 12.7. The molecular formula is C18H29F3OSi. The van der Waals surface area contributed by atoms with E-state index in [0.29, 0.717) is 0 Å². The van der Waals surface area contributed by atoms with Crippen molar-refractivity contribution in [3.63, 3.8) is 0 Å². The van der Waals surface area contributed by atoms with Crippen LogP contribution in [0.2, 0.25) is 18.1 Å². The Hall–Kier alpha value is -0.813. The molecule has 0 N–H and O–H groups in total. The van der Waals surface area contributed by atoms with Crippen molar-refractivity contribution < 1.29 is 17.6 Å². The van der Waals surface area contributed by atoms with E-state index in [1.807, 2.05) is 0 Å². The topological polar surface area (TPSA) is 9.23 Å². The lowest BCUT2D eigenvalue weighted by atomic mass is 10.0. The van der Waals surface area contributed by atoms with E-state index in [1.165, 1.54) is 0 Å². The maximum atomic E-state index is 12.7. The second-order valence-corrected chi connectivity index (χ2v) is 12.4. The summed E-state index contributed by atoms with van der Waals surface area (Å²) in [7, 11) is -1.97. The average Bonchev–Trinajstić information content (AvgIpc) is 2.41. The van der Waals surface area contributed by atoms with Crippen LogP contribution in [0.25, 0.3) is 0 Å². The summed E-state index contributed by atoms with van der Waals surface area (Å²) >= 11 is 0. The highest BCUT2D eigenvalue weighted by atomic mass is 28.4. The molecule has 1 rings (SSSR count). The highest BCUT2D eigenvalue weighted by molar-refractivity contribution is 6.74. The van der Waals surface area contributed by atoms with Crippen molar-refractivity contribution in [1.82, 2.24) is 0 Å². The first-order valence-corrected chi connectivity index (χ1v) is 11.1. The summed E-state index contributed by atoms with van der Waals surface area (Å²) in [6.07, 6.45) is -1.54. The molecule has 0 saturated heterocycles. The molecule has 0 bridgehead atoms. The summed E-state index contributed by atoms with van der Waals surface area (Å²) in [5.41, 5.74) is 0.235. The zero-order valence-electron chi connectivity index (χ0n) is 15.1. The molecule has 1 nitrogen and oxygen atoms in total. The summed E-state index contributed by atoms with van der Waals surface area (Å²) in [6.45, 7) is 13.0. The van der Waals surface area contributed by atoms with E-state index >= 15 is 0 Å². The Balaban J connectivity index is 3.02. The monoisotopic (exact) mass is 346 g/mol. The Morgan fingerprint density at radius 3 is 1.96 bits per heavy atom. The quantitative estimate of drug-likeness (QED) is 0.506. The van der Waals surface area contributed by atoms with Gasteiger partial charge in [0, 0.05) is 0 Å². The van der Waals surface area contributed by atoms with Crippen LogP contribution < -0.4 is 0 Å². The van der Waals surface area contributed by atoms with Crippen molar-refractivity contribution >= 4 is 8.32 Å². The van der Waals surface area contributed by atoms with Gasteiger partial charge in [0.15, 0.2) is 8.32 Å². The van der Waals surface area contributed by atoms with E-state index in [4.69, 9.17) is 4.43 Å². The molecule has 0 aliphatic rings. The molecule has 1 aromatic carbocycles. The number of unbranched alkanes of at least 4 members (excludes halogenated alkanes) is 1. The van der Waals surface area contributed by atoms with Gasteiger partial charge in [0.1, 0.15) is 0 Å². The summed E-state index contributed by atoms with van der Waals surface area (Å²) in [5, 5.41) is 0.0728. The fraction of sp³-hybridized carbons (Fsp3) is 0.667. The van der Waals surface area contributed by atoms with Gasteiger partial charge in [-0.3, -0.25) is 0 Å². The van der Waals surface area contributed by atoms with Crippen LogP contribution in [0.1, 0.15) is 64.2 Å². The Bertz CT molecular complexity index is 486. The molecule has 1 aromatic rings. The van der Waals surface area contributed by atoms with Gasteiger partial charge in [-0.1, -0.05) is 52.7 Å². The number of hydrogen-bond acceptors (Lipinski definition) is 1. The molecule has 0 saturated carbocycles. The van der Waals surface area contributed by atoms with E-state index in [-0.39, 0.29) is 11.1 Å². The van der Waals surface area contributed by atoms with Crippen LogP contribution in [0.3, 0.4) is 0 Å². The van der Waals surface area contributed by atoms with Gasteiger partial charge in [0.25, 0.3) is 0 Å². The van der Waals surface area contributed by atoms with Crippen LogP contribution in [0.4, 0.5) is 13.2 Å². The predicted octanol–water partition coefficient (Wildman–Crippen LogP) is 6.96. The summed E-state index contributed by atoms with van der Waals surface area (Å²) in [6, 6.07) is 5.44. The zero-order chi connectivity index (χ0) is 17.9. The van der Waals surface area contributed by atoms with Gasteiger partial charge in [0.2, 0.25) is 0 Å². The molecule has 0 heterocycles. The Labute approximate surface area is 139 Å². The SMILES string of the molecule is CCCCC(O[Si](C)(C)C(C)(C)C)c1ccc(C(F)(F)F)cc1. The van der Waals surface area contributed by atoms with Crippen molar-refractivity contribution in [1.29, 1.82) is 0 Å². The van der Waals surface area contributed by atoms with Gasteiger partial charge in [-0.05, 0) is 42.2 Å². The van der Waals surface area contributed by atoms with E-state index in [0.717, 1.165) is 37.0 Å². The Morgan fingerprint density at radius 1 is 1.04 bits per heavy atom. The molecule has 0 radical (unpaired) electrons. The van der Waals surface area contributed by atoms with Gasteiger partial charge in [-0.2, -0.15) is 13.2 Å². The fourth-order valence-corrected chi connectivity index (χ4v) is 3.42. The van der Waals surface area contributed by atoms with Crippen LogP contribution in [0.15, 0.2) is 24.3 Å². The van der Waals surface area contributed by atoms with Crippen molar-refractivity contribution in [2.24, 2.45) is 0 Å². The maximum Gasteiger partial charge on any atom is 0.416 e. The smallest absolute Gasteiger partial charge is 0.410 e. The van der Waals surface area contributed by atoms with E-state index < -0.39 is 20.1 Å². The van der Waals surface area contributed by atoms with E-state index in [2.05, 4.69) is 40.8 Å². The van der Waals surface area contributed by atoms with Crippen LogP contribution >= 0.6 is 0 Å². The highest BCUT2D eigenvalue weighted by Crippen LogP contribution is 2.41. The van der Waals surface area contributed by atoms with Crippen molar-refractivity contribution in [2.45, 2.75) is 77.4 Å². The third-order valence-electron chi connectivity index (χ3n) is 4.67. The second-order valence-electron chi connectivity index (χ2n) is 7.63. The molecule has 5 heteroatoms. The largest absolute Gasteiger partial charge is 0.416 e. The molecule has 0 aliphatic carbocycles. The van der Waals surface area contributed by atoms with Crippen molar-refractivity contribution in [2.75, 3.05) is 0 Å². The number of rotatable bonds is 6. The molecule has 23 heavy (non-hydrogen) atoms. The average molecular weight is 347 g/mol. The van der Waals surface area contributed by atoms with Gasteiger partial charge in [0.05, 0.1) is 11.7 Å². The molecular weight excluding hydrogens is 317 g/mol. The van der Waals surface area contributed by atoms with E-state index in [1.54, 1.807) is 12.1 Å². The van der Waals surface area contributed by atoms with Gasteiger partial charge in [-0.25, -0.2) is 0 Å². The first-order chi connectivity index (χ1) is 10.4. The van der Waals surface area contributed by atoms with Crippen LogP contribution in [-0.2, 0) is 10.6 Å². The van der Waals surface area contributed by atoms with Crippen LogP contribution in [-0.4, -0.2) is 8.32 Å². The molecule has 0 aromatic heterocycles. The van der Waals surface area contributed by atoms with Crippen molar-refractivity contribution in [3.05, 3.63) is 35.4 Å². The summed E-state index contributed by atoms with van der Waals surface area (Å²) in [5.74, 6) is 0. The second kappa shape index (κ2) is 7.39. The van der Waals surface area contributed by atoms with Crippen LogP contribution in [0.5, 0.6) is 0 Å². The van der Waals surface area contributed by atoms with E-state index in [9.17, 15) is 13.2 Å². The lowest BCUT2D eigenvalue weighted by Gasteiger charge is -2.39. The normalized spacial score (nSPS) is 14.8. The minimum absolute atomic E-state index is 0.0728. The first-order valence-electron chi connectivity index (χ1n) is 8.23. The molecule has 0 spiro atoms.